The topological polar surface area (TPSA) is 15.6 Å². The molecule has 0 heterocycles. The fourth-order valence-corrected chi connectivity index (χ4v) is 1.23. The van der Waals surface area contributed by atoms with Gasteiger partial charge in [0.25, 0.3) is 0 Å². The summed E-state index contributed by atoms with van der Waals surface area (Å²) in [6.07, 6.45) is 11.6. The molecule has 0 amide bonds. The van der Waals surface area contributed by atoms with Crippen molar-refractivity contribution in [3.63, 3.8) is 0 Å². The van der Waals surface area contributed by atoms with Crippen LogP contribution < -0.4 is 0 Å². The second kappa shape index (κ2) is 10.0. The Balaban J connectivity index is 3.47. The van der Waals surface area contributed by atoms with Gasteiger partial charge in [-0.15, -0.1) is 0 Å². The molecule has 0 aromatic rings. The van der Waals surface area contributed by atoms with Crippen LogP contribution in [-0.2, 0) is 0 Å². The molecule has 0 N–H and O–H groups in total. The van der Waals surface area contributed by atoms with Crippen molar-refractivity contribution in [1.82, 2.24) is 4.90 Å². The summed E-state index contributed by atoms with van der Waals surface area (Å²) in [5, 5.41) is 0. The normalized spacial score (nSPS) is 10.4. The van der Waals surface area contributed by atoms with Crippen molar-refractivity contribution in [2.75, 3.05) is 6.54 Å². The van der Waals surface area contributed by atoms with Gasteiger partial charge in [0.2, 0.25) is 0 Å². The molecular weight excluding hydrogens is 172 g/mol. The van der Waals surface area contributed by atoms with E-state index < -0.39 is 0 Å². The Labute approximate surface area is 88.0 Å². The maximum absolute atomic E-state index is 3.95. The van der Waals surface area contributed by atoms with Crippen molar-refractivity contribution in [1.29, 1.82) is 0 Å². The second-order valence-corrected chi connectivity index (χ2v) is 3.28. The maximum Gasteiger partial charge on any atom is 0.0944 e. The highest BCUT2D eigenvalue weighted by molar-refractivity contribution is 5.56. The van der Waals surface area contributed by atoms with Crippen molar-refractivity contribution < 1.29 is 0 Å². The van der Waals surface area contributed by atoms with Gasteiger partial charge in [0, 0.05) is 12.7 Å². The van der Waals surface area contributed by atoms with E-state index in [9.17, 15) is 0 Å². The first-order chi connectivity index (χ1) is 6.85. The Morgan fingerprint density at radius 2 is 1.86 bits per heavy atom. The summed E-state index contributed by atoms with van der Waals surface area (Å²) in [4.78, 5) is 5.95. The van der Waals surface area contributed by atoms with Gasteiger partial charge in [-0.1, -0.05) is 45.8 Å². The zero-order chi connectivity index (χ0) is 10.6. The van der Waals surface area contributed by atoms with Gasteiger partial charge in [0.15, 0.2) is 0 Å². The van der Waals surface area contributed by atoms with Crippen LogP contribution in [0.3, 0.4) is 0 Å². The van der Waals surface area contributed by atoms with Crippen molar-refractivity contribution >= 4 is 6.34 Å². The molecule has 0 unspecified atom stereocenters. The van der Waals surface area contributed by atoms with E-state index in [2.05, 4.69) is 25.1 Å². The Hall–Kier alpha value is -1.05. The highest BCUT2D eigenvalue weighted by Gasteiger charge is 1.93. The van der Waals surface area contributed by atoms with Crippen LogP contribution in [0.4, 0.5) is 0 Å². The first-order valence-electron chi connectivity index (χ1n) is 5.37. The standard InChI is InChI=1S/C12H22N2/c1-4-7-8-9-10-11-14(6-3)12-13-5-2/h5-6,12H,2-4,7-11H2,1H3. The molecule has 2 nitrogen and oxygen atoms in total. The molecule has 0 aliphatic heterocycles. The summed E-state index contributed by atoms with van der Waals surface area (Å²) in [5.74, 6) is 0. The highest BCUT2D eigenvalue weighted by Crippen LogP contribution is 2.03. The zero-order valence-electron chi connectivity index (χ0n) is 9.28. The van der Waals surface area contributed by atoms with E-state index in [0.717, 1.165) is 6.54 Å². The van der Waals surface area contributed by atoms with Gasteiger partial charge in [0.05, 0.1) is 6.34 Å². The minimum atomic E-state index is 1.00. The van der Waals surface area contributed by atoms with E-state index in [4.69, 9.17) is 0 Å². The summed E-state index contributed by atoms with van der Waals surface area (Å²) in [6, 6.07) is 0. The fourth-order valence-electron chi connectivity index (χ4n) is 1.23. The number of nitrogens with zero attached hydrogens (tertiary/aromatic N) is 2. The lowest BCUT2D eigenvalue weighted by molar-refractivity contribution is 0.514. The molecule has 14 heavy (non-hydrogen) atoms. The summed E-state index contributed by atoms with van der Waals surface area (Å²) in [7, 11) is 0. The number of unbranched alkanes of at least 4 members (excludes halogenated alkanes) is 4. The third-order valence-electron chi connectivity index (χ3n) is 2.07. The van der Waals surface area contributed by atoms with Crippen LogP contribution in [0.25, 0.3) is 0 Å². The maximum atomic E-state index is 3.95. The third-order valence-corrected chi connectivity index (χ3v) is 2.07. The summed E-state index contributed by atoms with van der Waals surface area (Å²) >= 11 is 0. The van der Waals surface area contributed by atoms with Crippen molar-refractivity contribution in [2.45, 2.75) is 39.0 Å². The third kappa shape index (κ3) is 7.59. The zero-order valence-corrected chi connectivity index (χ0v) is 9.28. The predicted octanol–water partition coefficient (Wildman–Crippen LogP) is 3.57. The van der Waals surface area contributed by atoms with Gasteiger partial charge in [0.1, 0.15) is 0 Å². The van der Waals surface area contributed by atoms with Gasteiger partial charge >= 0.3 is 0 Å². The van der Waals surface area contributed by atoms with Gasteiger partial charge < -0.3 is 4.90 Å². The quantitative estimate of drug-likeness (QED) is 0.311. The van der Waals surface area contributed by atoms with Gasteiger partial charge in [-0.25, -0.2) is 4.99 Å². The molecule has 0 aromatic carbocycles. The van der Waals surface area contributed by atoms with Gasteiger partial charge in [-0.05, 0) is 12.6 Å². The van der Waals surface area contributed by atoms with Crippen LogP contribution in [0.1, 0.15) is 39.0 Å². The number of hydrogen-bond donors (Lipinski definition) is 0. The minimum Gasteiger partial charge on any atom is -0.340 e. The molecule has 80 valence electrons. The molecule has 2 heteroatoms. The molecule has 0 saturated carbocycles. The number of rotatable bonds is 9. The first-order valence-corrected chi connectivity index (χ1v) is 5.37. The molecule has 0 aliphatic carbocycles. The monoisotopic (exact) mass is 194 g/mol. The van der Waals surface area contributed by atoms with Crippen LogP contribution in [0.15, 0.2) is 30.6 Å². The average molecular weight is 194 g/mol. The highest BCUT2D eigenvalue weighted by atomic mass is 15.1. The summed E-state index contributed by atoms with van der Waals surface area (Å²) in [5.41, 5.74) is 0. The van der Waals surface area contributed by atoms with E-state index in [1.165, 1.54) is 38.3 Å². The van der Waals surface area contributed by atoms with E-state index in [0.29, 0.717) is 0 Å². The van der Waals surface area contributed by atoms with Crippen molar-refractivity contribution in [3.8, 4) is 0 Å². The van der Waals surface area contributed by atoms with Crippen LogP contribution in [0, 0.1) is 0 Å². The van der Waals surface area contributed by atoms with Gasteiger partial charge in [-0.3, -0.25) is 0 Å². The molecule has 0 spiro atoms. The summed E-state index contributed by atoms with van der Waals surface area (Å²) in [6.45, 7) is 10.5. The Bertz CT molecular complexity index is 173. The average Bonchev–Trinajstić information content (AvgIpc) is 2.22. The van der Waals surface area contributed by atoms with Crippen LogP contribution in [0.5, 0.6) is 0 Å². The smallest absolute Gasteiger partial charge is 0.0944 e. The Morgan fingerprint density at radius 1 is 1.14 bits per heavy atom. The molecule has 0 aromatic heterocycles. The van der Waals surface area contributed by atoms with Crippen LogP contribution >= 0.6 is 0 Å². The molecule has 0 atom stereocenters. The first kappa shape index (κ1) is 12.9. The molecule has 0 rings (SSSR count). The lowest BCUT2D eigenvalue weighted by Gasteiger charge is -2.12. The molecule has 0 radical (unpaired) electrons. The second-order valence-electron chi connectivity index (χ2n) is 3.28. The largest absolute Gasteiger partial charge is 0.340 e. The van der Waals surface area contributed by atoms with Crippen LogP contribution in [0.2, 0.25) is 0 Å². The van der Waals surface area contributed by atoms with E-state index >= 15 is 0 Å². The van der Waals surface area contributed by atoms with Crippen molar-refractivity contribution in [3.05, 3.63) is 25.6 Å². The Morgan fingerprint density at radius 3 is 2.43 bits per heavy atom. The lowest BCUT2D eigenvalue weighted by Crippen LogP contribution is -2.15. The van der Waals surface area contributed by atoms with E-state index in [-0.39, 0.29) is 0 Å². The van der Waals surface area contributed by atoms with E-state index in [1.54, 1.807) is 12.5 Å². The van der Waals surface area contributed by atoms with Crippen LogP contribution in [-0.4, -0.2) is 17.8 Å². The van der Waals surface area contributed by atoms with Crippen molar-refractivity contribution in [2.24, 2.45) is 4.99 Å². The molecule has 0 fully saturated rings. The Kier molecular flexibility index (Phi) is 9.28. The molecule has 0 bridgehead atoms. The summed E-state index contributed by atoms with van der Waals surface area (Å²) < 4.78 is 0. The SMILES string of the molecule is C=CN=CN(C=C)CCCCCCC. The minimum absolute atomic E-state index is 1.00. The molecule has 0 aliphatic rings. The van der Waals surface area contributed by atoms with E-state index in [1.807, 2.05) is 4.90 Å². The van der Waals surface area contributed by atoms with Gasteiger partial charge in [-0.2, -0.15) is 0 Å². The predicted molar refractivity (Wildman–Crippen MR) is 64.4 cm³/mol. The number of aliphatic imine (C=N–C) groups is 1. The fraction of sp³-hybridized carbons (Fsp3) is 0.583. The number of hydrogen-bond acceptors (Lipinski definition) is 1. The lowest BCUT2D eigenvalue weighted by atomic mass is 10.1. The molecular formula is C12H22N2. The molecule has 0 saturated heterocycles.